The van der Waals surface area contributed by atoms with Gasteiger partial charge in [0.2, 0.25) is 5.91 Å². The van der Waals surface area contributed by atoms with Gasteiger partial charge in [0.1, 0.15) is 11.2 Å². The molecule has 0 aromatic heterocycles. The standard InChI is InChI=1S/C13H18FN3O2/c1-4-13(3,11(15)17-19)12(18)16-10-6-8(2)5-9(14)7-10/h5-7,19H,4H2,1-3H3,(H2,15,17)(H,16,18). The van der Waals surface area contributed by atoms with Gasteiger partial charge in [0.25, 0.3) is 0 Å². The van der Waals surface area contributed by atoms with Crippen LogP contribution in [0.2, 0.25) is 0 Å². The van der Waals surface area contributed by atoms with E-state index in [1.807, 2.05) is 0 Å². The lowest BCUT2D eigenvalue weighted by molar-refractivity contribution is -0.121. The van der Waals surface area contributed by atoms with Gasteiger partial charge >= 0.3 is 0 Å². The first kappa shape index (κ1) is 14.9. The van der Waals surface area contributed by atoms with Crippen LogP contribution in [0.5, 0.6) is 0 Å². The molecule has 1 aromatic carbocycles. The van der Waals surface area contributed by atoms with Gasteiger partial charge < -0.3 is 16.3 Å². The SMILES string of the molecule is CCC(C)(C(=O)Nc1cc(C)cc(F)c1)/C(N)=N/O. The predicted octanol–water partition coefficient (Wildman–Crippen LogP) is 2.24. The number of carbonyl (C=O) groups excluding carboxylic acids is 1. The third kappa shape index (κ3) is 3.21. The number of anilines is 1. The molecule has 1 atom stereocenters. The Bertz CT molecular complexity index is 496. The second kappa shape index (κ2) is 5.69. The van der Waals surface area contributed by atoms with E-state index in [9.17, 15) is 9.18 Å². The molecule has 4 N–H and O–H groups in total. The first-order valence-electron chi connectivity index (χ1n) is 5.90. The molecule has 0 saturated carbocycles. The van der Waals surface area contributed by atoms with Gasteiger partial charge in [-0.1, -0.05) is 12.1 Å². The molecule has 1 rings (SSSR count). The number of nitrogens with zero attached hydrogens (tertiary/aromatic N) is 1. The molecule has 0 fully saturated rings. The predicted molar refractivity (Wildman–Crippen MR) is 71.6 cm³/mol. The minimum Gasteiger partial charge on any atom is -0.409 e. The fourth-order valence-electron chi connectivity index (χ4n) is 1.65. The molecule has 1 amide bonds. The summed E-state index contributed by atoms with van der Waals surface area (Å²) in [6, 6.07) is 4.22. The molecular formula is C13H18FN3O2. The van der Waals surface area contributed by atoms with Crippen molar-refractivity contribution in [3.8, 4) is 0 Å². The van der Waals surface area contributed by atoms with E-state index in [1.165, 1.54) is 12.1 Å². The monoisotopic (exact) mass is 267 g/mol. The maximum atomic E-state index is 13.2. The third-order valence-corrected chi connectivity index (χ3v) is 3.18. The number of nitrogens with two attached hydrogens (primary N) is 1. The van der Waals surface area contributed by atoms with Gasteiger partial charge in [-0.2, -0.15) is 0 Å². The highest BCUT2D eigenvalue weighted by Crippen LogP contribution is 2.24. The van der Waals surface area contributed by atoms with E-state index in [4.69, 9.17) is 10.9 Å². The molecule has 1 unspecified atom stereocenters. The summed E-state index contributed by atoms with van der Waals surface area (Å²) in [5.74, 6) is -1.06. The first-order chi connectivity index (χ1) is 8.83. The van der Waals surface area contributed by atoms with Crippen LogP contribution in [0.3, 0.4) is 0 Å². The van der Waals surface area contributed by atoms with Crippen molar-refractivity contribution in [2.45, 2.75) is 27.2 Å². The van der Waals surface area contributed by atoms with Crippen molar-refractivity contribution in [2.24, 2.45) is 16.3 Å². The molecule has 0 bridgehead atoms. The molecule has 0 saturated heterocycles. The van der Waals surface area contributed by atoms with Crippen LogP contribution in [0.1, 0.15) is 25.8 Å². The molecule has 5 nitrogen and oxygen atoms in total. The van der Waals surface area contributed by atoms with Crippen LogP contribution < -0.4 is 11.1 Å². The Kier molecular flexibility index (Phi) is 4.47. The van der Waals surface area contributed by atoms with E-state index in [1.54, 1.807) is 26.8 Å². The molecule has 0 heterocycles. The Morgan fingerprint density at radius 3 is 2.63 bits per heavy atom. The molecule has 0 aliphatic rings. The summed E-state index contributed by atoms with van der Waals surface area (Å²) in [5, 5.41) is 14.2. The number of halogens is 1. The Morgan fingerprint density at radius 1 is 1.53 bits per heavy atom. The lowest BCUT2D eigenvalue weighted by atomic mass is 9.85. The highest BCUT2D eigenvalue weighted by Gasteiger charge is 2.36. The lowest BCUT2D eigenvalue weighted by Crippen LogP contribution is -2.44. The van der Waals surface area contributed by atoms with E-state index >= 15 is 0 Å². The minimum absolute atomic E-state index is 0.180. The van der Waals surface area contributed by atoms with Gasteiger partial charge in [0.15, 0.2) is 5.84 Å². The topological polar surface area (TPSA) is 87.7 Å². The smallest absolute Gasteiger partial charge is 0.238 e. The number of hydrogen-bond donors (Lipinski definition) is 3. The number of hydrogen-bond acceptors (Lipinski definition) is 3. The Labute approximate surface area is 111 Å². The highest BCUT2D eigenvalue weighted by atomic mass is 19.1. The maximum absolute atomic E-state index is 13.2. The number of carbonyl (C=O) groups is 1. The van der Waals surface area contributed by atoms with Crippen LogP contribution in [-0.2, 0) is 4.79 Å². The van der Waals surface area contributed by atoms with E-state index in [0.717, 1.165) is 0 Å². The number of benzene rings is 1. The fraction of sp³-hybridized carbons (Fsp3) is 0.385. The minimum atomic E-state index is -1.14. The van der Waals surface area contributed by atoms with Crippen molar-refractivity contribution in [2.75, 3.05) is 5.32 Å². The Balaban J connectivity index is 3.01. The average Bonchev–Trinajstić information content (AvgIpc) is 2.35. The van der Waals surface area contributed by atoms with Crippen LogP contribution in [0.25, 0.3) is 0 Å². The molecule has 0 spiro atoms. The van der Waals surface area contributed by atoms with Crippen LogP contribution in [0.4, 0.5) is 10.1 Å². The van der Waals surface area contributed by atoms with Crippen LogP contribution in [0, 0.1) is 18.2 Å². The summed E-state index contributed by atoms with van der Waals surface area (Å²) in [4.78, 5) is 12.2. The van der Waals surface area contributed by atoms with Gasteiger partial charge in [-0.15, -0.1) is 0 Å². The van der Waals surface area contributed by atoms with Crippen molar-refractivity contribution < 1.29 is 14.4 Å². The van der Waals surface area contributed by atoms with E-state index in [0.29, 0.717) is 17.7 Å². The lowest BCUT2D eigenvalue weighted by Gasteiger charge is -2.25. The number of amides is 1. The molecule has 0 radical (unpaired) electrons. The molecule has 1 aromatic rings. The fourth-order valence-corrected chi connectivity index (χ4v) is 1.65. The van der Waals surface area contributed by atoms with Crippen LogP contribution in [0.15, 0.2) is 23.4 Å². The highest BCUT2D eigenvalue weighted by molar-refractivity contribution is 6.11. The average molecular weight is 267 g/mol. The molecule has 6 heteroatoms. The number of amidine groups is 1. The normalized spacial score (nSPS) is 14.8. The first-order valence-corrected chi connectivity index (χ1v) is 5.90. The Hall–Kier alpha value is -2.11. The van der Waals surface area contributed by atoms with Crippen molar-refractivity contribution in [3.05, 3.63) is 29.6 Å². The number of nitrogens with one attached hydrogen (secondary N) is 1. The molecule has 0 aliphatic carbocycles. The zero-order valence-electron chi connectivity index (χ0n) is 11.2. The third-order valence-electron chi connectivity index (χ3n) is 3.18. The zero-order chi connectivity index (χ0) is 14.6. The van der Waals surface area contributed by atoms with Gasteiger partial charge in [-0.25, -0.2) is 4.39 Å². The molecule has 104 valence electrons. The molecular weight excluding hydrogens is 249 g/mol. The summed E-state index contributed by atoms with van der Waals surface area (Å²) >= 11 is 0. The van der Waals surface area contributed by atoms with Crippen molar-refractivity contribution >= 4 is 17.4 Å². The summed E-state index contributed by atoms with van der Waals surface area (Å²) in [5.41, 5.74) is 5.43. The van der Waals surface area contributed by atoms with Gasteiger partial charge in [0.05, 0.1) is 0 Å². The van der Waals surface area contributed by atoms with Gasteiger partial charge in [0, 0.05) is 5.69 Å². The van der Waals surface area contributed by atoms with E-state index in [-0.39, 0.29) is 5.84 Å². The Morgan fingerprint density at radius 2 is 2.16 bits per heavy atom. The second-order valence-electron chi connectivity index (χ2n) is 4.64. The van der Waals surface area contributed by atoms with Gasteiger partial charge in [-0.05, 0) is 44.0 Å². The second-order valence-corrected chi connectivity index (χ2v) is 4.64. The van der Waals surface area contributed by atoms with E-state index < -0.39 is 17.1 Å². The van der Waals surface area contributed by atoms with Gasteiger partial charge in [-0.3, -0.25) is 4.79 Å². The van der Waals surface area contributed by atoms with Crippen molar-refractivity contribution in [1.29, 1.82) is 0 Å². The zero-order valence-corrected chi connectivity index (χ0v) is 11.2. The number of aryl methyl sites for hydroxylation is 1. The number of oxime groups is 1. The van der Waals surface area contributed by atoms with E-state index in [2.05, 4.69) is 10.5 Å². The van der Waals surface area contributed by atoms with Crippen molar-refractivity contribution in [3.63, 3.8) is 0 Å². The summed E-state index contributed by atoms with van der Waals surface area (Å²) < 4.78 is 13.2. The van der Waals surface area contributed by atoms with Crippen molar-refractivity contribution in [1.82, 2.24) is 0 Å². The quantitative estimate of drug-likeness (QED) is 0.338. The largest absolute Gasteiger partial charge is 0.409 e. The summed E-state index contributed by atoms with van der Waals surface area (Å²) in [7, 11) is 0. The van der Waals surface area contributed by atoms with Crippen LogP contribution in [-0.4, -0.2) is 17.0 Å². The van der Waals surface area contributed by atoms with Crippen LogP contribution >= 0.6 is 0 Å². The summed E-state index contributed by atoms with van der Waals surface area (Å²) in [6.07, 6.45) is 0.350. The summed E-state index contributed by atoms with van der Waals surface area (Å²) in [6.45, 7) is 5.03. The maximum Gasteiger partial charge on any atom is 0.238 e. The molecule has 0 aliphatic heterocycles. The number of rotatable bonds is 4. The molecule has 19 heavy (non-hydrogen) atoms.